The Morgan fingerprint density at radius 1 is 1.47 bits per heavy atom. The van der Waals surface area contributed by atoms with Gasteiger partial charge < -0.3 is 10.1 Å². The summed E-state index contributed by atoms with van der Waals surface area (Å²) in [6, 6.07) is 7.05. The summed E-state index contributed by atoms with van der Waals surface area (Å²) in [6.07, 6.45) is 2.22. The monoisotopic (exact) mass is 237 g/mol. The van der Waals surface area contributed by atoms with E-state index < -0.39 is 0 Å². The van der Waals surface area contributed by atoms with Gasteiger partial charge in [-0.1, -0.05) is 25.1 Å². The molecule has 1 fully saturated rings. The van der Waals surface area contributed by atoms with Crippen LogP contribution in [0.2, 0.25) is 0 Å². The molecule has 3 atom stereocenters. The zero-order valence-electron chi connectivity index (χ0n) is 10.4. The number of ether oxygens (including phenoxy) is 1. The van der Waals surface area contributed by atoms with Gasteiger partial charge in [-0.2, -0.15) is 0 Å². The molecular weight excluding hydrogens is 217 g/mol. The molecule has 1 N–H and O–H groups in total. The van der Waals surface area contributed by atoms with Gasteiger partial charge in [0, 0.05) is 24.1 Å². The molecule has 2 rings (SSSR count). The summed E-state index contributed by atoms with van der Waals surface area (Å²) in [5.74, 6) is 0.232. The maximum Gasteiger partial charge on any atom is 0.127 e. The van der Waals surface area contributed by atoms with Gasteiger partial charge in [0.25, 0.3) is 0 Å². The summed E-state index contributed by atoms with van der Waals surface area (Å²) >= 11 is 0. The fourth-order valence-corrected chi connectivity index (χ4v) is 2.79. The van der Waals surface area contributed by atoms with Crippen molar-refractivity contribution in [3.05, 3.63) is 35.6 Å². The highest BCUT2D eigenvalue weighted by atomic mass is 19.1. The van der Waals surface area contributed by atoms with E-state index in [4.69, 9.17) is 4.74 Å². The molecular formula is C14H20FNO. The van der Waals surface area contributed by atoms with Crippen LogP contribution in [-0.2, 0) is 4.74 Å². The molecule has 1 aliphatic heterocycles. The molecule has 1 heterocycles. The molecule has 3 heteroatoms. The van der Waals surface area contributed by atoms with Crippen LogP contribution in [0.3, 0.4) is 0 Å². The topological polar surface area (TPSA) is 21.3 Å². The Bertz CT molecular complexity index is 369. The molecule has 0 aliphatic carbocycles. The lowest BCUT2D eigenvalue weighted by Gasteiger charge is -2.27. The van der Waals surface area contributed by atoms with Crippen LogP contribution in [-0.4, -0.2) is 19.8 Å². The molecule has 1 saturated heterocycles. The van der Waals surface area contributed by atoms with Crippen LogP contribution in [0.15, 0.2) is 24.3 Å². The molecule has 94 valence electrons. The van der Waals surface area contributed by atoms with Crippen LogP contribution in [0.4, 0.5) is 4.39 Å². The van der Waals surface area contributed by atoms with E-state index in [1.54, 1.807) is 6.07 Å². The zero-order chi connectivity index (χ0) is 12.3. The first-order valence-corrected chi connectivity index (χ1v) is 6.31. The van der Waals surface area contributed by atoms with E-state index in [0.717, 1.165) is 25.0 Å². The van der Waals surface area contributed by atoms with Crippen LogP contribution < -0.4 is 5.32 Å². The Morgan fingerprint density at radius 3 is 2.88 bits per heavy atom. The normalized spacial score (nSPS) is 26.1. The van der Waals surface area contributed by atoms with E-state index in [-0.39, 0.29) is 18.0 Å². The summed E-state index contributed by atoms with van der Waals surface area (Å²) in [6.45, 7) is 2.91. The average Bonchev–Trinajstić information content (AvgIpc) is 2.81. The standard InChI is InChI=1S/C14H20FNO/c1-3-13-11(8-9-17-13)14(16-2)10-6-4-5-7-12(10)15/h4-7,11,13-14,16H,3,8-9H2,1-2H3. The van der Waals surface area contributed by atoms with Crippen molar-refractivity contribution in [3.8, 4) is 0 Å². The van der Waals surface area contributed by atoms with Gasteiger partial charge in [-0.3, -0.25) is 0 Å². The van der Waals surface area contributed by atoms with Crippen molar-refractivity contribution in [3.63, 3.8) is 0 Å². The molecule has 0 saturated carbocycles. The molecule has 0 aromatic heterocycles. The fourth-order valence-electron chi connectivity index (χ4n) is 2.79. The van der Waals surface area contributed by atoms with Crippen molar-refractivity contribution in [1.82, 2.24) is 5.32 Å². The minimum absolute atomic E-state index is 0.0450. The van der Waals surface area contributed by atoms with Gasteiger partial charge in [0.2, 0.25) is 0 Å². The first-order valence-electron chi connectivity index (χ1n) is 6.31. The summed E-state index contributed by atoms with van der Waals surface area (Å²) in [5, 5.41) is 3.25. The lowest BCUT2D eigenvalue weighted by atomic mass is 9.86. The molecule has 0 spiro atoms. The molecule has 0 amide bonds. The smallest absolute Gasteiger partial charge is 0.127 e. The molecule has 17 heavy (non-hydrogen) atoms. The van der Waals surface area contributed by atoms with E-state index >= 15 is 0 Å². The van der Waals surface area contributed by atoms with Crippen molar-refractivity contribution in [2.24, 2.45) is 5.92 Å². The van der Waals surface area contributed by atoms with Crippen LogP contribution in [0.1, 0.15) is 31.4 Å². The Labute approximate surface area is 102 Å². The van der Waals surface area contributed by atoms with Gasteiger partial charge in [-0.15, -0.1) is 0 Å². The van der Waals surface area contributed by atoms with Crippen LogP contribution in [0, 0.1) is 11.7 Å². The summed E-state index contributed by atoms with van der Waals surface area (Å²) in [5.41, 5.74) is 0.754. The number of halogens is 1. The molecule has 1 aromatic rings. The maximum atomic E-state index is 13.8. The summed E-state index contributed by atoms with van der Waals surface area (Å²) in [4.78, 5) is 0. The summed E-state index contributed by atoms with van der Waals surface area (Å²) < 4.78 is 19.5. The second kappa shape index (κ2) is 5.61. The van der Waals surface area contributed by atoms with E-state index in [1.165, 1.54) is 6.07 Å². The largest absolute Gasteiger partial charge is 0.378 e. The molecule has 0 bridgehead atoms. The summed E-state index contributed by atoms with van der Waals surface area (Å²) in [7, 11) is 1.89. The molecule has 1 aromatic carbocycles. The third-order valence-corrected chi connectivity index (χ3v) is 3.64. The Morgan fingerprint density at radius 2 is 2.24 bits per heavy atom. The van der Waals surface area contributed by atoms with E-state index in [2.05, 4.69) is 12.2 Å². The molecule has 2 nitrogen and oxygen atoms in total. The van der Waals surface area contributed by atoms with Crippen molar-refractivity contribution < 1.29 is 9.13 Å². The van der Waals surface area contributed by atoms with Crippen molar-refractivity contribution >= 4 is 0 Å². The van der Waals surface area contributed by atoms with Gasteiger partial charge in [-0.05, 0) is 26.0 Å². The zero-order valence-corrected chi connectivity index (χ0v) is 10.4. The van der Waals surface area contributed by atoms with Gasteiger partial charge in [0.05, 0.1) is 6.10 Å². The average molecular weight is 237 g/mol. The number of nitrogens with one attached hydrogen (secondary N) is 1. The maximum absolute atomic E-state index is 13.8. The lowest BCUT2D eigenvalue weighted by molar-refractivity contribution is 0.0779. The van der Waals surface area contributed by atoms with Crippen LogP contribution in [0.5, 0.6) is 0 Å². The second-order valence-corrected chi connectivity index (χ2v) is 4.56. The highest BCUT2D eigenvalue weighted by Crippen LogP contribution is 2.35. The predicted molar refractivity (Wildman–Crippen MR) is 66.3 cm³/mol. The Kier molecular flexibility index (Phi) is 4.13. The number of rotatable bonds is 4. The number of hydrogen-bond donors (Lipinski definition) is 1. The Balaban J connectivity index is 2.24. The lowest BCUT2D eigenvalue weighted by Crippen LogP contribution is -2.31. The predicted octanol–water partition coefficient (Wildman–Crippen LogP) is 2.90. The van der Waals surface area contributed by atoms with Crippen molar-refractivity contribution in [2.75, 3.05) is 13.7 Å². The molecule has 0 radical (unpaired) electrons. The van der Waals surface area contributed by atoms with Crippen LogP contribution in [0.25, 0.3) is 0 Å². The van der Waals surface area contributed by atoms with E-state index in [0.29, 0.717) is 5.92 Å². The second-order valence-electron chi connectivity index (χ2n) is 4.56. The highest BCUT2D eigenvalue weighted by molar-refractivity contribution is 5.22. The SMILES string of the molecule is CCC1OCCC1C(NC)c1ccccc1F. The third kappa shape index (κ3) is 2.50. The first-order chi connectivity index (χ1) is 8.27. The van der Waals surface area contributed by atoms with E-state index in [9.17, 15) is 4.39 Å². The van der Waals surface area contributed by atoms with Gasteiger partial charge in [0.1, 0.15) is 5.82 Å². The minimum atomic E-state index is -0.131. The third-order valence-electron chi connectivity index (χ3n) is 3.64. The van der Waals surface area contributed by atoms with E-state index in [1.807, 2.05) is 19.2 Å². The molecule has 1 aliphatic rings. The van der Waals surface area contributed by atoms with Crippen molar-refractivity contribution in [1.29, 1.82) is 0 Å². The quantitative estimate of drug-likeness (QED) is 0.869. The van der Waals surface area contributed by atoms with Gasteiger partial charge >= 0.3 is 0 Å². The first kappa shape index (κ1) is 12.5. The minimum Gasteiger partial charge on any atom is -0.378 e. The van der Waals surface area contributed by atoms with Gasteiger partial charge in [0.15, 0.2) is 0 Å². The number of hydrogen-bond acceptors (Lipinski definition) is 2. The highest BCUT2D eigenvalue weighted by Gasteiger charge is 2.34. The Hall–Kier alpha value is -0.930. The van der Waals surface area contributed by atoms with Crippen LogP contribution >= 0.6 is 0 Å². The molecule has 3 unspecified atom stereocenters. The number of benzene rings is 1. The fraction of sp³-hybridized carbons (Fsp3) is 0.571. The van der Waals surface area contributed by atoms with Gasteiger partial charge in [-0.25, -0.2) is 4.39 Å². The van der Waals surface area contributed by atoms with Crippen molar-refractivity contribution in [2.45, 2.75) is 31.9 Å².